The molecule has 8 heteroatoms. The molecule has 0 spiro atoms. The minimum atomic E-state index is -2.98. The van der Waals surface area contributed by atoms with E-state index in [0.717, 1.165) is 5.56 Å². The van der Waals surface area contributed by atoms with Gasteiger partial charge in [0.2, 0.25) is 11.5 Å². The normalized spacial score (nSPS) is 12.7. The topological polar surface area (TPSA) is 105 Å². The first kappa shape index (κ1) is 16.0. The average molecular weight is 298 g/mol. The highest BCUT2D eigenvalue weighted by Gasteiger charge is 2.24. The third-order valence-electron chi connectivity index (χ3n) is 2.19. The van der Waals surface area contributed by atoms with Gasteiger partial charge in [-0.25, -0.2) is 9.00 Å². The number of Topliss-reactive ketones (excluding diaryl/α,β-unsaturated/α-hetero) is 1. The Kier molecular flexibility index (Phi) is 6.01. The molecule has 1 atom stereocenters. The molecule has 1 unspecified atom stereocenters. The van der Waals surface area contributed by atoms with Crippen molar-refractivity contribution in [1.82, 2.24) is 0 Å². The molecule has 0 saturated carbocycles. The Morgan fingerprint density at radius 1 is 1.30 bits per heavy atom. The summed E-state index contributed by atoms with van der Waals surface area (Å²) in [4.78, 5) is 23.7. The summed E-state index contributed by atoms with van der Waals surface area (Å²) in [5.74, 6) is -1.84. The lowest BCUT2D eigenvalue weighted by Crippen LogP contribution is -2.27. The predicted octanol–water partition coefficient (Wildman–Crippen LogP) is 0.908. The molecule has 108 valence electrons. The maximum absolute atomic E-state index is 12.1. The zero-order chi connectivity index (χ0) is 15.1. The summed E-state index contributed by atoms with van der Waals surface area (Å²) < 4.78 is 29.1. The summed E-state index contributed by atoms with van der Waals surface area (Å²) in [6.45, 7) is 3.39. The minimum absolute atomic E-state index is 0.0134. The highest BCUT2D eigenvalue weighted by atomic mass is 32.2. The minimum Gasteiger partial charge on any atom is -0.738 e. The molecule has 0 heterocycles. The van der Waals surface area contributed by atoms with Gasteiger partial charge >= 0.3 is 5.97 Å². The van der Waals surface area contributed by atoms with Gasteiger partial charge in [0.05, 0.1) is 6.61 Å². The van der Waals surface area contributed by atoms with Gasteiger partial charge in [-0.2, -0.15) is 0 Å². The molecule has 0 amide bonds. The lowest BCUT2D eigenvalue weighted by molar-refractivity contribution is -0.135. The van der Waals surface area contributed by atoms with Crippen molar-refractivity contribution in [2.45, 2.75) is 13.8 Å². The van der Waals surface area contributed by atoms with E-state index in [0.29, 0.717) is 0 Å². The molecule has 1 aromatic carbocycles. The predicted molar refractivity (Wildman–Crippen MR) is 69.6 cm³/mol. The van der Waals surface area contributed by atoms with Crippen LogP contribution in [-0.2, 0) is 25.2 Å². The maximum Gasteiger partial charge on any atom is 0.364 e. The number of ketones is 1. The van der Waals surface area contributed by atoms with Crippen LogP contribution in [0, 0.1) is 6.92 Å². The van der Waals surface area contributed by atoms with Gasteiger partial charge in [-0.15, -0.1) is 0 Å². The number of esters is 1. The fourth-order valence-electron chi connectivity index (χ4n) is 1.28. The number of carbonyl (C=O) groups is 2. The Labute approximate surface area is 118 Å². The van der Waals surface area contributed by atoms with Crippen LogP contribution >= 0.6 is 0 Å². The van der Waals surface area contributed by atoms with Crippen LogP contribution in [0.15, 0.2) is 29.4 Å². The van der Waals surface area contributed by atoms with Gasteiger partial charge in [0.1, 0.15) is 0 Å². The average Bonchev–Trinajstić information content (AvgIpc) is 2.39. The molecular formula is C12H12NO6S-. The van der Waals surface area contributed by atoms with E-state index in [9.17, 15) is 18.4 Å². The molecule has 7 nitrogen and oxygen atoms in total. The summed E-state index contributed by atoms with van der Waals surface area (Å²) >= 11 is -2.98. The number of ether oxygens (including phenoxy) is 1. The van der Waals surface area contributed by atoms with E-state index in [1.165, 1.54) is 12.1 Å². The molecule has 0 bridgehead atoms. The van der Waals surface area contributed by atoms with Crippen molar-refractivity contribution >= 4 is 28.8 Å². The lowest BCUT2D eigenvalue weighted by atomic mass is 10.1. The van der Waals surface area contributed by atoms with Crippen LogP contribution in [0.25, 0.3) is 0 Å². The molecule has 0 aliphatic rings. The SMILES string of the molecule is CCOC(=O)/C(=N\OS(=O)[O-])C(=O)c1ccc(C)cc1. The number of aryl methyl sites for hydroxylation is 1. The Balaban J connectivity index is 3.06. The summed E-state index contributed by atoms with van der Waals surface area (Å²) in [7, 11) is 0. The molecule has 1 aromatic rings. The van der Waals surface area contributed by atoms with Crippen molar-refractivity contribution in [3.8, 4) is 0 Å². The lowest BCUT2D eigenvalue weighted by Gasteiger charge is -2.06. The fraction of sp³-hybridized carbons (Fsp3) is 0.250. The summed E-state index contributed by atoms with van der Waals surface area (Å²) in [5.41, 5.74) is 0.357. The number of benzene rings is 1. The van der Waals surface area contributed by atoms with Crippen molar-refractivity contribution in [3.05, 3.63) is 35.4 Å². The second-order valence-electron chi connectivity index (χ2n) is 3.63. The highest BCUT2D eigenvalue weighted by molar-refractivity contribution is 7.74. The Bertz CT molecular complexity index is 552. The van der Waals surface area contributed by atoms with Crippen molar-refractivity contribution in [2.24, 2.45) is 5.16 Å². The van der Waals surface area contributed by atoms with Crippen LogP contribution in [0.4, 0.5) is 0 Å². The van der Waals surface area contributed by atoms with E-state index in [-0.39, 0.29) is 12.2 Å². The molecule has 20 heavy (non-hydrogen) atoms. The smallest absolute Gasteiger partial charge is 0.364 e. The molecule has 0 radical (unpaired) electrons. The van der Waals surface area contributed by atoms with E-state index in [4.69, 9.17) is 0 Å². The summed E-state index contributed by atoms with van der Waals surface area (Å²) in [6.07, 6.45) is 0. The monoisotopic (exact) mass is 298 g/mol. The fourth-order valence-corrected chi connectivity index (χ4v) is 1.42. The van der Waals surface area contributed by atoms with Gasteiger partial charge < -0.3 is 13.6 Å². The molecule has 0 aliphatic heterocycles. The van der Waals surface area contributed by atoms with Crippen molar-refractivity contribution in [3.63, 3.8) is 0 Å². The molecule has 1 rings (SSSR count). The van der Waals surface area contributed by atoms with Crippen LogP contribution in [0.5, 0.6) is 0 Å². The van der Waals surface area contributed by atoms with E-state index < -0.39 is 28.8 Å². The molecule has 0 aliphatic carbocycles. The molecule has 0 fully saturated rings. The van der Waals surface area contributed by atoms with Crippen LogP contribution in [0.2, 0.25) is 0 Å². The number of carbonyl (C=O) groups excluding carboxylic acids is 2. The summed E-state index contributed by atoms with van der Waals surface area (Å²) in [5, 5.41) is 3.02. The quantitative estimate of drug-likeness (QED) is 0.193. The van der Waals surface area contributed by atoms with E-state index in [1.54, 1.807) is 19.1 Å². The highest BCUT2D eigenvalue weighted by Crippen LogP contribution is 2.06. The first-order valence-corrected chi connectivity index (χ1v) is 6.59. The molecule has 0 saturated heterocycles. The first-order valence-electron chi connectivity index (χ1n) is 5.59. The Morgan fingerprint density at radius 3 is 2.40 bits per heavy atom. The molecule has 0 N–H and O–H groups in total. The van der Waals surface area contributed by atoms with E-state index in [2.05, 4.69) is 14.2 Å². The van der Waals surface area contributed by atoms with Gasteiger partial charge in [0.25, 0.3) is 0 Å². The third kappa shape index (κ3) is 4.56. The number of rotatable bonds is 6. The standard InChI is InChI=1S/C12H13NO6S/c1-3-18-12(15)10(13-19-20(16)17)11(14)9-6-4-8(2)5-7-9/h4-7H,3H2,1-2H3,(H,16,17)/p-1/b13-10-. The number of hydrogen-bond donors (Lipinski definition) is 0. The largest absolute Gasteiger partial charge is 0.738 e. The number of oxime groups is 1. The van der Waals surface area contributed by atoms with E-state index in [1.807, 2.05) is 6.92 Å². The Hall–Kier alpha value is -2.06. The Morgan fingerprint density at radius 2 is 1.90 bits per heavy atom. The van der Waals surface area contributed by atoms with Crippen molar-refractivity contribution in [1.29, 1.82) is 0 Å². The van der Waals surface area contributed by atoms with E-state index >= 15 is 0 Å². The van der Waals surface area contributed by atoms with Crippen molar-refractivity contribution in [2.75, 3.05) is 6.61 Å². The van der Waals surface area contributed by atoms with Crippen LogP contribution in [-0.4, -0.2) is 32.8 Å². The van der Waals surface area contributed by atoms with Crippen LogP contribution in [0.1, 0.15) is 22.8 Å². The van der Waals surface area contributed by atoms with Gasteiger partial charge in [0, 0.05) is 5.56 Å². The number of nitrogens with zero attached hydrogens (tertiary/aromatic N) is 1. The second-order valence-corrected chi connectivity index (χ2v) is 4.19. The van der Waals surface area contributed by atoms with Gasteiger partial charge in [-0.1, -0.05) is 35.0 Å². The summed E-state index contributed by atoms with van der Waals surface area (Å²) in [6, 6.07) is 6.31. The zero-order valence-corrected chi connectivity index (χ0v) is 11.6. The zero-order valence-electron chi connectivity index (χ0n) is 10.8. The van der Waals surface area contributed by atoms with Crippen LogP contribution in [0.3, 0.4) is 0 Å². The molecular weight excluding hydrogens is 286 g/mol. The second kappa shape index (κ2) is 7.51. The first-order chi connectivity index (χ1) is 9.45. The molecule has 0 aromatic heterocycles. The van der Waals surface area contributed by atoms with Gasteiger partial charge in [-0.05, 0) is 13.8 Å². The maximum atomic E-state index is 12.1. The third-order valence-corrected chi connectivity index (χ3v) is 2.38. The van der Waals surface area contributed by atoms with Gasteiger partial charge in [0.15, 0.2) is 11.4 Å². The van der Waals surface area contributed by atoms with Gasteiger partial charge in [-0.3, -0.25) is 4.79 Å². The number of hydrogen-bond acceptors (Lipinski definition) is 7. The van der Waals surface area contributed by atoms with Crippen molar-refractivity contribution < 1.29 is 27.4 Å². The van der Waals surface area contributed by atoms with Crippen LogP contribution < -0.4 is 0 Å².